The SMILES string of the molecule is CC(C)c1nc2c(=O)n(C3CCCCC3)c(=O)[nH]c2[n+](C)n1. The van der Waals surface area contributed by atoms with E-state index in [1.807, 2.05) is 13.8 Å². The zero-order valence-electron chi connectivity index (χ0n) is 13.3. The number of hydrogen-bond acceptors (Lipinski definition) is 4. The van der Waals surface area contributed by atoms with Gasteiger partial charge in [-0.3, -0.25) is 4.79 Å². The van der Waals surface area contributed by atoms with Crippen molar-refractivity contribution >= 4 is 11.2 Å². The van der Waals surface area contributed by atoms with Crippen LogP contribution in [0.1, 0.15) is 63.7 Å². The molecule has 22 heavy (non-hydrogen) atoms. The lowest BCUT2D eigenvalue weighted by atomic mass is 9.95. The van der Waals surface area contributed by atoms with Crippen LogP contribution in [0.15, 0.2) is 9.59 Å². The Morgan fingerprint density at radius 3 is 2.55 bits per heavy atom. The molecule has 1 saturated carbocycles. The van der Waals surface area contributed by atoms with Gasteiger partial charge in [-0.1, -0.05) is 38.2 Å². The highest BCUT2D eigenvalue weighted by atomic mass is 16.2. The van der Waals surface area contributed by atoms with Crippen molar-refractivity contribution in [3.05, 3.63) is 26.7 Å². The minimum Gasteiger partial charge on any atom is -0.266 e. The van der Waals surface area contributed by atoms with Gasteiger partial charge in [-0.05, 0) is 12.8 Å². The highest BCUT2D eigenvalue weighted by Gasteiger charge is 2.25. The van der Waals surface area contributed by atoms with Gasteiger partial charge >= 0.3 is 11.3 Å². The number of hydrogen-bond donors (Lipinski definition) is 1. The van der Waals surface area contributed by atoms with Crippen LogP contribution in [0.4, 0.5) is 0 Å². The Bertz CT molecular complexity index is 815. The number of aromatic amines is 1. The molecule has 118 valence electrons. The number of nitrogens with one attached hydrogen (secondary N) is 1. The van der Waals surface area contributed by atoms with Gasteiger partial charge in [-0.2, -0.15) is 4.98 Å². The van der Waals surface area contributed by atoms with Crippen LogP contribution < -0.4 is 15.9 Å². The molecule has 3 rings (SSSR count). The Labute approximate surface area is 128 Å². The number of nitrogens with zero attached hydrogens (tertiary/aromatic N) is 4. The second kappa shape index (κ2) is 5.62. The quantitative estimate of drug-likeness (QED) is 0.837. The Morgan fingerprint density at radius 1 is 1.23 bits per heavy atom. The van der Waals surface area contributed by atoms with Crippen LogP contribution in [0.25, 0.3) is 11.2 Å². The first-order valence-corrected chi connectivity index (χ1v) is 7.92. The third-order valence-corrected chi connectivity index (χ3v) is 4.35. The maximum atomic E-state index is 12.8. The molecule has 0 bridgehead atoms. The van der Waals surface area contributed by atoms with Gasteiger partial charge in [0.05, 0.1) is 0 Å². The zero-order chi connectivity index (χ0) is 15.9. The summed E-state index contributed by atoms with van der Waals surface area (Å²) in [6.07, 6.45) is 5.05. The molecule has 1 fully saturated rings. The minimum absolute atomic E-state index is 0.0165. The molecule has 0 saturated heterocycles. The van der Waals surface area contributed by atoms with E-state index in [1.54, 1.807) is 7.05 Å². The van der Waals surface area contributed by atoms with E-state index < -0.39 is 0 Å². The van der Waals surface area contributed by atoms with E-state index in [1.165, 1.54) is 15.7 Å². The number of fused-ring (bicyclic) bond motifs is 1. The largest absolute Gasteiger partial charge is 0.416 e. The highest BCUT2D eigenvalue weighted by molar-refractivity contribution is 5.63. The van der Waals surface area contributed by atoms with Crippen molar-refractivity contribution in [1.29, 1.82) is 0 Å². The summed E-state index contributed by atoms with van der Waals surface area (Å²) in [5.74, 6) is 0.722. The predicted molar refractivity (Wildman–Crippen MR) is 81.8 cm³/mol. The van der Waals surface area contributed by atoms with Crippen molar-refractivity contribution in [2.75, 3.05) is 0 Å². The molecule has 0 radical (unpaired) electrons. The molecule has 0 atom stereocenters. The fraction of sp³-hybridized carbons (Fsp3) is 0.667. The normalized spacial score (nSPS) is 16.5. The number of aryl methyl sites for hydroxylation is 1. The summed E-state index contributed by atoms with van der Waals surface area (Å²) in [6.45, 7) is 3.96. The summed E-state index contributed by atoms with van der Waals surface area (Å²) < 4.78 is 2.89. The molecule has 1 N–H and O–H groups in total. The third kappa shape index (κ3) is 2.44. The summed E-state index contributed by atoms with van der Waals surface area (Å²) >= 11 is 0. The monoisotopic (exact) mass is 304 g/mol. The van der Waals surface area contributed by atoms with Gasteiger partial charge in [0, 0.05) is 12.0 Å². The van der Waals surface area contributed by atoms with Crippen molar-refractivity contribution < 1.29 is 4.68 Å². The lowest BCUT2D eigenvalue weighted by molar-refractivity contribution is -0.708. The molecule has 0 amide bonds. The summed E-state index contributed by atoms with van der Waals surface area (Å²) in [5.41, 5.74) is 0.0179. The Balaban J connectivity index is 2.26. The standard InChI is InChI=1S/C15H21N5O2/c1-9(2)12-16-11-13(19(3)18-12)17-15(22)20(14(11)21)10-7-5-4-6-8-10/h9-10H,4-8H2,1-3H3/p+1. The van der Waals surface area contributed by atoms with Gasteiger partial charge in [0.25, 0.3) is 5.56 Å². The van der Waals surface area contributed by atoms with Crippen LogP contribution in [-0.2, 0) is 7.05 Å². The first kappa shape index (κ1) is 14.9. The summed E-state index contributed by atoms with van der Waals surface area (Å²) in [5, 5.41) is 4.31. The van der Waals surface area contributed by atoms with Gasteiger partial charge in [0.15, 0.2) is 5.82 Å². The van der Waals surface area contributed by atoms with E-state index in [2.05, 4.69) is 15.1 Å². The van der Waals surface area contributed by atoms with E-state index in [4.69, 9.17) is 0 Å². The number of aromatic nitrogens is 5. The van der Waals surface area contributed by atoms with Crippen molar-refractivity contribution in [2.24, 2.45) is 7.05 Å². The molecule has 7 nitrogen and oxygen atoms in total. The molecule has 1 aliphatic carbocycles. The maximum Gasteiger partial charge on any atom is 0.416 e. The van der Waals surface area contributed by atoms with Crippen LogP contribution in [0.3, 0.4) is 0 Å². The molecule has 2 heterocycles. The Morgan fingerprint density at radius 2 is 1.91 bits per heavy atom. The molecular weight excluding hydrogens is 282 g/mol. The van der Waals surface area contributed by atoms with Crippen LogP contribution in [0.2, 0.25) is 0 Å². The average molecular weight is 304 g/mol. The van der Waals surface area contributed by atoms with Crippen LogP contribution in [0, 0.1) is 0 Å². The smallest absolute Gasteiger partial charge is 0.266 e. The summed E-state index contributed by atoms with van der Waals surface area (Å²) in [7, 11) is 1.72. The van der Waals surface area contributed by atoms with Crippen LogP contribution in [0.5, 0.6) is 0 Å². The minimum atomic E-state index is -0.360. The number of rotatable bonds is 2. The second-order valence-corrected chi connectivity index (χ2v) is 6.34. The number of H-pyrrole nitrogens is 1. The summed E-state index contributed by atoms with van der Waals surface area (Å²) in [6, 6.07) is -0.0165. The van der Waals surface area contributed by atoms with Crippen molar-refractivity contribution in [3.8, 4) is 0 Å². The predicted octanol–water partition coefficient (Wildman–Crippen LogP) is 0.933. The van der Waals surface area contributed by atoms with Gasteiger partial charge in [-0.25, -0.2) is 14.3 Å². The molecular formula is C15H22N5O2+. The second-order valence-electron chi connectivity index (χ2n) is 6.34. The molecule has 7 heteroatoms. The van der Waals surface area contributed by atoms with Crippen molar-refractivity contribution in [2.45, 2.75) is 57.9 Å². The molecule has 0 aliphatic heterocycles. The van der Waals surface area contributed by atoms with E-state index in [0.29, 0.717) is 17.0 Å². The molecule has 0 spiro atoms. The lowest BCUT2D eigenvalue weighted by Gasteiger charge is -2.21. The third-order valence-electron chi connectivity index (χ3n) is 4.35. The van der Waals surface area contributed by atoms with Gasteiger partial charge in [0.1, 0.15) is 7.05 Å². The van der Waals surface area contributed by atoms with E-state index >= 15 is 0 Å². The van der Waals surface area contributed by atoms with Crippen molar-refractivity contribution in [3.63, 3.8) is 0 Å². The van der Waals surface area contributed by atoms with Crippen molar-refractivity contribution in [1.82, 2.24) is 19.6 Å². The average Bonchev–Trinajstić information content (AvgIpc) is 2.49. The van der Waals surface area contributed by atoms with E-state index in [9.17, 15) is 9.59 Å². The first-order valence-electron chi connectivity index (χ1n) is 7.92. The molecule has 1 aliphatic rings. The topological polar surface area (TPSA) is 84.5 Å². The van der Waals surface area contributed by atoms with Crippen LogP contribution >= 0.6 is 0 Å². The molecule has 0 aromatic carbocycles. The van der Waals surface area contributed by atoms with E-state index in [0.717, 1.165) is 25.7 Å². The summed E-state index contributed by atoms with van der Waals surface area (Å²) in [4.78, 5) is 32.4. The Hall–Kier alpha value is -2.05. The highest BCUT2D eigenvalue weighted by Crippen LogP contribution is 2.25. The fourth-order valence-electron chi connectivity index (χ4n) is 3.12. The van der Waals surface area contributed by atoms with Gasteiger partial charge in [-0.15, -0.1) is 4.68 Å². The van der Waals surface area contributed by atoms with Gasteiger partial charge < -0.3 is 0 Å². The fourth-order valence-corrected chi connectivity index (χ4v) is 3.12. The van der Waals surface area contributed by atoms with Crippen LogP contribution in [-0.4, -0.2) is 19.6 Å². The lowest BCUT2D eigenvalue weighted by Crippen LogP contribution is -2.45. The molecule has 2 aromatic heterocycles. The Kier molecular flexibility index (Phi) is 3.80. The zero-order valence-corrected chi connectivity index (χ0v) is 13.3. The van der Waals surface area contributed by atoms with Gasteiger partial charge in [0.2, 0.25) is 5.52 Å². The van der Waals surface area contributed by atoms with E-state index in [-0.39, 0.29) is 23.2 Å². The first-order chi connectivity index (χ1) is 10.5. The molecule has 2 aromatic rings. The molecule has 0 unspecified atom stereocenters. The maximum absolute atomic E-state index is 12.8.